The van der Waals surface area contributed by atoms with Crippen LogP contribution in [-0.4, -0.2) is 12.6 Å². The third-order valence-electron chi connectivity index (χ3n) is 2.09. The van der Waals surface area contributed by atoms with Gasteiger partial charge in [0.15, 0.2) is 12.6 Å². The first-order valence-electron chi connectivity index (χ1n) is 4.34. The van der Waals surface area contributed by atoms with Crippen molar-refractivity contribution in [2.45, 2.75) is 12.4 Å². The van der Waals surface area contributed by atoms with Crippen LogP contribution in [0.5, 0.6) is 0 Å². The fourth-order valence-corrected chi connectivity index (χ4v) is 1.44. The monoisotopic (exact) mass is 270 g/mol. The Labute approximate surface area is 96.2 Å². The Morgan fingerprint density at radius 3 is 1.17 bits per heavy atom. The van der Waals surface area contributed by atoms with Gasteiger partial charge in [-0.15, -0.1) is 0 Å². The van der Waals surface area contributed by atoms with E-state index in [4.69, 9.17) is 0 Å². The van der Waals surface area contributed by atoms with Crippen molar-refractivity contribution in [2.24, 2.45) is 0 Å². The largest absolute Gasteiger partial charge is 0.417 e. The molecule has 18 heavy (non-hydrogen) atoms. The molecular formula is C10H4F6O2. The predicted molar refractivity (Wildman–Crippen MR) is 47.2 cm³/mol. The summed E-state index contributed by atoms with van der Waals surface area (Å²) in [5.74, 6) is 0. The van der Waals surface area contributed by atoms with Gasteiger partial charge in [0.1, 0.15) is 0 Å². The second kappa shape index (κ2) is 4.43. The molecule has 0 radical (unpaired) electrons. The van der Waals surface area contributed by atoms with Gasteiger partial charge in [-0.25, -0.2) is 0 Å². The minimum Gasteiger partial charge on any atom is -0.298 e. The molecule has 0 saturated carbocycles. The number of alkyl halides is 6. The molecule has 0 atom stereocenters. The van der Waals surface area contributed by atoms with Crippen LogP contribution < -0.4 is 0 Å². The highest BCUT2D eigenvalue weighted by atomic mass is 19.4. The van der Waals surface area contributed by atoms with E-state index >= 15 is 0 Å². The summed E-state index contributed by atoms with van der Waals surface area (Å²) in [5, 5.41) is 0. The summed E-state index contributed by atoms with van der Waals surface area (Å²) < 4.78 is 75.4. The summed E-state index contributed by atoms with van der Waals surface area (Å²) in [5.41, 5.74) is -6.62. The zero-order chi connectivity index (χ0) is 14.1. The van der Waals surface area contributed by atoms with E-state index in [1.807, 2.05) is 0 Å². The zero-order valence-corrected chi connectivity index (χ0v) is 8.39. The third-order valence-corrected chi connectivity index (χ3v) is 2.09. The van der Waals surface area contributed by atoms with Crippen LogP contribution in [0.3, 0.4) is 0 Å². The first-order valence-corrected chi connectivity index (χ1v) is 4.34. The molecule has 0 amide bonds. The maximum Gasteiger partial charge on any atom is 0.417 e. The SMILES string of the molecule is O=Cc1ccc(C=O)c(C(F)(F)F)c1C(F)(F)F. The molecular weight excluding hydrogens is 266 g/mol. The summed E-state index contributed by atoms with van der Waals surface area (Å²) in [6.45, 7) is 0. The second-order valence-corrected chi connectivity index (χ2v) is 3.23. The number of carbonyl (C=O) groups is 2. The number of aldehydes is 2. The summed E-state index contributed by atoms with van der Waals surface area (Å²) in [7, 11) is 0. The molecule has 0 bridgehead atoms. The maximum atomic E-state index is 12.6. The number of halogens is 6. The van der Waals surface area contributed by atoms with Crippen LogP contribution in [0.2, 0.25) is 0 Å². The van der Waals surface area contributed by atoms with E-state index in [0.29, 0.717) is 12.1 Å². The average molecular weight is 270 g/mol. The average Bonchev–Trinajstić information content (AvgIpc) is 2.24. The first-order chi connectivity index (χ1) is 8.12. The van der Waals surface area contributed by atoms with E-state index in [-0.39, 0.29) is 12.6 Å². The highest BCUT2D eigenvalue weighted by Gasteiger charge is 2.46. The van der Waals surface area contributed by atoms with Crippen LogP contribution in [-0.2, 0) is 12.4 Å². The van der Waals surface area contributed by atoms with Crippen molar-refractivity contribution in [2.75, 3.05) is 0 Å². The lowest BCUT2D eigenvalue weighted by Gasteiger charge is -2.18. The molecule has 1 rings (SSSR count). The minimum atomic E-state index is -5.39. The van der Waals surface area contributed by atoms with Crippen LogP contribution in [0.1, 0.15) is 31.8 Å². The number of benzene rings is 1. The molecule has 2 nitrogen and oxygen atoms in total. The van der Waals surface area contributed by atoms with Gasteiger partial charge in [-0.05, 0) is 0 Å². The van der Waals surface area contributed by atoms with E-state index in [0.717, 1.165) is 0 Å². The Balaban J connectivity index is 3.82. The van der Waals surface area contributed by atoms with Gasteiger partial charge in [0.25, 0.3) is 0 Å². The summed E-state index contributed by atoms with van der Waals surface area (Å²) in [6, 6.07) is 1.05. The fraction of sp³-hybridized carbons (Fsp3) is 0.200. The van der Waals surface area contributed by atoms with Gasteiger partial charge in [0.05, 0.1) is 11.1 Å². The van der Waals surface area contributed by atoms with Gasteiger partial charge in [-0.2, -0.15) is 26.3 Å². The number of hydrogen-bond donors (Lipinski definition) is 0. The molecule has 1 aromatic carbocycles. The van der Waals surface area contributed by atoms with Crippen molar-refractivity contribution < 1.29 is 35.9 Å². The van der Waals surface area contributed by atoms with E-state index < -0.39 is 34.6 Å². The molecule has 8 heteroatoms. The van der Waals surface area contributed by atoms with Gasteiger partial charge in [0.2, 0.25) is 0 Å². The molecule has 1 aromatic rings. The van der Waals surface area contributed by atoms with E-state index in [1.165, 1.54) is 0 Å². The zero-order valence-electron chi connectivity index (χ0n) is 8.39. The van der Waals surface area contributed by atoms with Gasteiger partial charge >= 0.3 is 12.4 Å². The smallest absolute Gasteiger partial charge is 0.298 e. The standard InChI is InChI=1S/C10H4F6O2/c11-9(12,13)7-5(3-17)1-2-6(4-18)8(7)10(14,15)16/h1-4H. The highest BCUT2D eigenvalue weighted by molar-refractivity contribution is 5.85. The Hall–Kier alpha value is -1.86. The number of carbonyl (C=O) groups excluding carboxylic acids is 2. The Morgan fingerprint density at radius 1 is 0.722 bits per heavy atom. The van der Waals surface area contributed by atoms with Crippen LogP contribution in [0.25, 0.3) is 0 Å². The highest BCUT2D eigenvalue weighted by Crippen LogP contribution is 2.43. The quantitative estimate of drug-likeness (QED) is 0.610. The van der Waals surface area contributed by atoms with Crippen LogP contribution in [0.4, 0.5) is 26.3 Å². The second-order valence-electron chi connectivity index (χ2n) is 3.23. The molecule has 0 heterocycles. The summed E-state index contributed by atoms with van der Waals surface area (Å²) in [4.78, 5) is 20.8. The Morgan fingerprint density at radius 2 is 1.00 bits per heavy atom. The Bertz CT molecular complexity index is 441. The van der Waals surface area contributed by atoms with E-state index in [1.54, 1.807) is 0 Å². The van der Waals surface area contributed by atoms with E-state index in [2.05, 4.69) is 0 Å². The lowest BCUT2D eigenvalue weighted by molar-refractivity contribution is -0.162. The van der Waals surface area contributed by atoms with Crippen LogP contribution in [0, 0.1) is 0 Å². The predicted octanol–water partition coefficient (Wildman–Crippen LogP) is 3.35. The summed E-state index contributed by atoms with van der Waals surface area (Å²) >= 11 is 0. The lowest BCUT2D eigenvalue weighted by atomic mass is 9.96. The molecule has 0 N–H and O–H groups in total. The van der Waals surface area contributed by atoms with Crippen molar-refractivity contribution in [1.82, 2.24) is 0 Å². The molecule has 0 aliphatic carbocycles. The van der Waals surface area contributed by atoms with Crippen molar-refractivity contribution in [3.05, 3.63) is 34.4 Å². The molecule has 0 aliphatic heterocycles. The molecule has 0 spiro atoms. The van der Waals surface area contributed by atoms with Crippen molar-refractivity contribution in [3.63, 3.8) is 0 Å². The third kappa shape index (κ3) is 2.52. The number of rotatable bonds is 2. The lowest BCUT2D eigenvalue weighted by Crippen LogP contribution is -2.21. The van der Waals surface area contributed by atoms with Crippen molar-refractivity contribution in [3.8, 4) is 0 Å². The van der Waals surface area contributed by atoms with Gasteiger partial charge in [-0.1, -0.05) is 12.1 Å². The van der Waals surface area contributed by atoms with Gasteiger partial charge in [0, 0.05) is 11.1 Å². The minimum absolute atomic E-state index is 0.341. The molecule has 0 fully saturated rings. The maximum absolute atomic E-state index is 12.6. The van der Waals surface area contributed by atoms with Crippen LogP contribution in [0.15, 0.2) is 12.1 Å². The molecule has 0 aromatic heterocycles. The summed E-state index contributed by atoms with van der Waals surface area (Å²) in [6.07, 6.45) is -11.5. The fourth-order valence-electron chi connectivity index (χ4n) is 1.44. The van der Waals surface area contributed by atoms with Crippen molar-refractivity contribution >= 4 is 12.6 Å². The topological polar surface area (TPSA) is 34.1 Å². The molecule has 0 saturated heterocycles. The van der Waals surface area contributed by atoms with Gasteiger partial charge < -0.3 is 0 Å². The Kier molecular flexibility index (Phi) is 3.50. The van der Waals surface area contributed by atoms with E-state index in [9.17, 15) is 35.9 Å². The first kappa shape index (κ1) is 14.2. The number of hydrogen-bond acceptors (Lipinski definition) is 2. The normalized spacial score (nSPS) is 12.3. The molecule has 0 aliphatic rings. The van der Waals surface area contributed by atoms with Gasteiger partial charge in [-0.3, -0.25) is 9.59 Å². The van der Waals surface area contributed by atoms with Crippen LogP contribution >= 0.6 is 0 Å². The molecule has 98 valence electrons. The molecule has 0 unspecified atom stereocenters. The van der Waals surface area contributed by atoms with Crippen molar-refractivity contribution in [1.29, 1.82) is 0 Å².